The van der Waals surface area contributed by atoms with Gasteiger partial charge in [0.2, 0.25) is 0 Å². The monoisotopic (exact) mass is 622 g/mol. The zero-order valence-corrected chi connectivity index (χ0v) is 25.9. The van der Waals surface area contributed by atoms with Gasteiger partial charge in [0.15, 0.2) is 4.80 Å². The first-order chi connectivity index (χ1) is 22.6. The lowest BCUT2D eigenvalue weighted by Gasteiger charge is -2.25. The summed E-state index contributed by atoms with van der Waals surface area (Å²) >= 11 is 1.30. The molecule has 0 radical (unpaired) electrons. The van der Waals surface area contributed by atoms with E-state index >= 15 is 0 Å². The number of hydrogen-bond donors (Lipinski definition) is 0. The largest absolute Gasteiger partial charge is 0.489 e. The van der Waals surface area contributed by atoms with E-state index in [1.54, 1.807) is 11.5 Å². The predicted octanol–water partition coefficient (Wildman–Crippen LogP) is 6.67. The Morgan fingerprint density at radius 1 is 0.848 bits per heavy atom. The van der Waals surface area contributed by atoms with Crippen molar-refractivity contribution in [1.29, 1.82) is 0 Å². The third-order valence-corrected chi connectivity index (χ3v) is 8.92. The van der Waals surface area contributed by atoms with Gasteiger partial charge in [0.05, 0.1) is 28.5 Å². The Kier molecular flexibility index (Phi) is 8.14. The first-order valence-corrected chi connectivity index (χ1v) is 16.0. The Balaban J connectivity index is 1.26. The highest BCUT2D eigenvalue weighted by molar-refractivity contribution is 7.07. The first kappa shape index (κ1) is 29.2. The molecule has 5 aromatic carbocycles. The summed E-state index contributed by atoms with van der Waals surface area (Å²) in [5.41, 5.74) is 4.18. The normalized spacial score (nSPS) is 14.5. The minimum absolute atomic E-state index is 0.206. The molecule has 1 aromatic heterocycles. The number of carbonyl (C=O) groups excluding carboxylic acids is 1. The van der Waals surface area contributed by atoms with Crippen molar-refractivity contribution in [2.75, 3.05) is 6.61 Å². The number of ether oxygens (including phenoxy) is 2. The highest BCUT2D eigenvalue weighted by Crippen LogP contribution is 2.35. The summed E-state index contributed by atoms with van der Waals surface area (Å²) in [6, 6.07) is 40.6. The smallest absolute Gasteiger partial charge is 0.338 e. The third-order valence-electron chi connectivity index (χ3n) is 7.94. The second kappa shape index (κ2) is 12.8. The molecule has 226 valence electrons. The van der Waals surface area contributed by atoms with Crippen LogP contribution in [0.4, 0.5) is 0 Å². The predicted molar refractivity (Wildman–Crippen MR) is 182 cm³/mol. The first-order valence-electron chi connectivity index (χ1n) is 15.1. The van der Waals surface area contributed by atoms with Crippen LogP contribution in [0.25, 0.3) is 22.5 Å². The molecule has 0 spiro atoms. The average Bonchev–Trinajstić information content (AvgIpc) is 3.41. The molecule has 0 fully saturated rings. The lowest BCUT2D eigenvalue weighted by Crippen LogP contribution is -2.39. The van der Waals surface area contributed by atoms with E-state index in [1.807, 2.05) is 109 Å². The molecule has 0 amide bonds. The van der Waals surface area contributed by atoms with E-state index in [-0.39, 0.29) is 12.2 Å². The Morgan fingerprint density at radius 2 is 1.54 bits per heavy atom. The molecule has 0 saturated carbocycles. The molecule has 7 heteroatoms. The van der Waals surface area contributed by atoms with Crippen LogP contribution in [0.2, 0.25) is 0 Å². The zero-order valence-electron chi connectivity index (χ0n) is 25.1. The maximum Gasteiger partial charge on any atom is 0.338 e. The van der Waals surface area contributed by atoms with E-state index in [0.29, 0.717) is 27.2 Å². The summed E-state index contributed by atoms with van der Waals surface area (Å²) in [6.45, 7) is 2.43. The van der Waals surface area contributed by atoms with E-state index in [1.165, 1.54) is 22.1 Å². The van der Waals surface area contributed by atoms with Crippen LogP contribution in [0.15, 0.2) is 143 Å². The zero-order chi connectivity index (χ0) is 31.5. The van der Waals surface area contributed by atoms with Gasteiger partial charge in [0.25, 0.3) is 5.56 Å². The molecule has 1 aliphatic heterocycles. The molecule has 1 aliphatic rings. The quantitative estimate of drug-likeness (QED) is 0.178. The van der Waals surface area contributed by atoms with Crippen LogP contribution in [0.1, 0.15) is 35.2 Å². The second-order valence-corrected chi connectivity index (χ2v) is 11.8. The Labute approximate surface area is 269 Å². The van der Waals surface area contributed by atoms with Gasteiger partial charge in [-0.2, -0.15) is 0 Å². The van der Waals surface area contributed by atoms with Gasteiger partial charge >= 0.3 is 5.97 Å². The highest BCUT2D eigenvalue weighted by atomic mass is 32.1. The fourth-order valence-electron chi connectivity index (χ4n) is 5.78. The minimum Gasteiger partial charge on any atom is -0.489 e. The number of fused-ring (bicyclic) bond motifs is 2. The Hall–Kier alpha value is -5.53. The molecule has 1 atom stereocenters. The fourth-order valence-corrected chi connectivity index (χ4v) is 6.78. The molecule has 7 rings (SSSR count). The van der Waals surface area contributed by atoms with Crippen molar-refractivity contribution in [2.24, 2.45) is 4.99 Å². The van der Waals surface area contributed by atoms with E-state index in [2.05, 4.69) is 24.3 Å². The van der Waals surface area contributed by atoms with Crippen molar-refractivity contribution < 1.29 is 14.3 Å². The number of carbonyl (C=O) groups is 1. The number of thiazole rings is 1. The van der Waals surface area contributed by atoms with Crippen LogP contribution in [-0.4, -0.2) is 17.1 Å². The van der Waals surface area contributed by atoms with Gasteiger partial charge < -0.3 is 9.47 Å². The summed E-state index contributed by atoms with van der Waals surface area (Å²) in [5, 5.41) is 2.35. The maximum absolute atomic E-state index is 14.1. The van der Waals surface area contributed by atoms with Crippen molar-refractivity contribution in [2.45, 2.75) is 19.6 Å². The van der Waals surface area contributed by atoms with Crippen LogP contribution in [0.5, 0.6) is 5.75 Å². The Bertz CT molecular complexity index is 2250. The van der Waals surface area contributed by atoms with Crippen LogP contribution >= 0.6 is 11.3 Å². The molecule has 46 heavy (non-hydrogen) atoms. The lowest BCUT2D eigenvalue weighted by atomic mass is 9.93. The summed E-state index contributed by atoms with van der Waals surface area (Å²) < 4.78 is 13.8. The van der Waals surface area contributed by atoms with Gasteiger partial charge in [0, 0.05) is 5.56 Å². The number of benzene rings is 5. The van der Waals surface area contributed by atoms with Crippen LogP contribution in [-0.2, 0) is 16.1 Å². The molecule has 2 heterocycles. The third kappa shape index (κ3) is 5.69. The lowest BCUT2D eigenvalue weighted by molar-refractivity contribution is -0.138. The van der Waals surface area contributed by atoms with Gasteiger partial charge in [-0.05, 0) is 52.6 Å². The molecule has 0 unspecified atom stereocenters. The van der Waals surface area contributed by atoms with Gasteiger partial charge in [-0.15, -0.1) is 0 Å². The van der Waals surface area contributed by atoms with Crippen LogP contribution in [0.3, 0.4) is 0 Å². The van der Waals surface area contributed by atoms with E-state index in [0.717, 1.165) is 28.0 Å². The Morgan fingerprint density at radius 3 is 2.30 bits per heavy atom. The number of rotatable bonds is 8. The number of nitrogens with zero attached hydrogens (tertiary/aromatic N) is 2. The van der Waals surface area contributed by atoms with E-state index in [4.69, 9.17) is 14.5 Å². The standard InChI is InChI=1S/C39H30N2O4S/c1-2-44-38(43)34-35(28-13-5-3-6-14-28)40-39-41(36(34)29-15-7-4-8-16-29)37(42)33(46-39)24-26-20-22-31(23-21-26)45-25-30-18-11-17-27-12-9-10-19-32(27)30/h3-24,36H,2,25H2,1H3/b33-24-/t36-/m0/s1. The minimum atomic E-state index is -0.696. The van der Waals surface area contributed by atoms with Gasteiger partial charge in [-0.1, -0.05) is 127 Å². The van der Waals surface area contributed by atoms with Gasteiger partial charge in [-0.3, -0.25) is 9.36 Å². The molecule has 6 nitrogen and oxygen atoms in total. The summed E-state index contributed by atoms with van der Waals surface area (Å²) in [7, 11) is 0. The molecule has 0 N–H and O–H groups in total. The number of hydrogen-bond acceptors (Lipinski definition) is 6. The second-order valence-electron chi connectivity index (χ2n) is 10.8. The fraction of sp³-hybridized carbons (Fsp3) is 0.103. The maximum atomic E-state index is 14.1. The summed E-state index contributed by atoms with van der Waals surface area (Å²) in [4.78, 5) is 33.1. The van der Waals surface area contributed by atoms with Gasteiger partial charge in [-0.25, -0.2) is 9.79 Å². The van der Waals surface area contributed by atoms with Crippen molar-refractivity contribution in [1.82, 2.24) is 4.57 Å². The van der Waals surface area contributed by atoms with Crippen molar-refractivity contribution in [3.8, 4) is 5.75 Å². The van der Waals surface area contributed by atoms with E-state index < -0.39 is 12.0 Å². The van der Waals surface area contributed by atoms with Crippen molar-refractivity contribution >= 4 is 39.9 Å². The average molecular weight is 623 g/mol. The molecule has 0 saturated heterocycles. The highest BCUT2D eigenvalue weighted by Gasteiger charge is 2.35. The number of esters is 1. The molecular weight excluding hydrogens is 593 g/mol. The molecule has 0 aliphatic carbocycles. The van der Waals surface area contributed by atoms with Gasteiger partial charge in [0.1, 0.15) is 12.4 Å². The number of aromatic nitrogens is 1. The summed E-state index contributed by atoms with van der Waals surface area (Å²) in [6.07, 6.45) is 1.86. The van der Waals surface area contributed by atoms with E-state index in [9.17, 15) is 9.59 Å². The van der Waals surface area contributed by atoms with Crippen LogP contribution in [0, 0.1) is 0 Å². The molecule has 6 aromatic rings. The summed E-state index contributed by atoms with van der Waals surface area (Å²) in [5.74, 6) is 0.245. The van der Waals surface area contributed by atoms with Crippen molar-refractivity contribution in [3.05, 3.63) is 175 Å². The van der Waals surface area contributed by atoms with Crippen molar-refractivity contribution in [3.63, 3.8) is 0 Å². The topological polar surface area (TPSA) is 69.9 Å². The molecule has 0 bridgehead atoms. The SMILES string of the molecule is CCOC(=O)C1=C(c2ccccc2)N=c2s/c(=C\c3ccc(OCc4cccc5ccccc45)cc3)c(=O)n2[C@H]1c1ccccc1. The van der Waals surface area contributed by atoms with Crippen LogP contribution < -0.4 is 19.6 Å². The molecular formula is C39H30N2O4S.